The van der Waals surface area contributed by atoms with Crippen LogP contribution in [0.2, 0.25) is 0 Å². The van der Waals surface area contributed by atoms with Gasteiger partial charge in [0.25, 0.3) is 0 Å². The molecule has 0 saturated heterocycles. The zero-order chi connectivity index (χ0) is 12.8. The van der Waals surface area contributed by atoms with Crippen LogP contribution in [0.5, 0.6) is 0 Å². The zero-order valence-corrected chi connectivity index (χ0v) is 11.9. The lowest BCUT2D eigenvalue weighted by Crippen LogP contribution is -2.35. The molecule has 0 heterocycles. The van der Waals surface area contributed by atoms with Crippen LogP contribution in [0.4, 0.5) is 0 Å². The molecule has 4 heteroatoms. The maximum Gasteiger partial charge on any atom is 0.231 e. The molecule has 1 rings (SSSR count). The first-order chi connectivity index (χ1) is 7.99. The van der Waals surface area contributed by atoms with Gasteiger partial charge in [-0.05, 0) is 17.5 Å². The number of nitrogens with zero attached hydrogens (tertiary/aromatic N) is 1. The summed E-state index contributed by atoms with van der Waals surface area (Å²) in [6.45, 7) is 6.17. The van der Waals surface area contributed by atoms with Gasteiger partial charge in [-0.3, -0.25) is 9.69 Å². The van der Waals surface area contributed by atoms with Crippen LogP contribution in [0.25, 0.3) is 0 Å². The molecular weight excluding hydrogens is 280 g/mol. The van der Waals surface area contributed by atoms with Gasteiger partial charge in [0.2, 0.25) is 5.91 Å². The lowest BCUT2D eigenvalue weighted by molar-refractivity contribution is -0.119. The highest BCUT2D eigenvalue weighted by molar-refractivity contribution is 9.10. The van der Waals surface area contributed by atoms with Crippen LogP contribution >= 0.6 is 15.9 Å². The summed E-state index contributed by atoms with van der Waals surface area (Å²) < 4.78 is 1.07. The molecule has 0 atom stereocenters. The second-order valence-corrected chi connectivity index (χ2v) is 5.48. The molecule has 17 heavy (non-hydrogen) atoms. The summed E-state index contributed by atoms with van der Waals surface area (Å²) in [4.78, 5) is 13.1. The van der Waals surface area contributed by atoms with Crippen molar-refractivity contribution in [3.8, 4) is 0 Å². The lowest BCUT2D eigenvalue weighted by Gasteiger charge is -2.23. The van der Waals surface area contributed by atoms with Crippen molar-refractivity contribution in [3.05, 3.63) is 34.3 Å². The monoisotopic (exact) mass is 298 g/mol. The molecule has 0 aliphatic rings. The van der Waals surface area contributed by atoms with E-state index < -0.39 is 0 Å². The summed E-state index contributed by atoms with van der Waals surface area (Å²) in [6, 6.07) is 8.04. The first-order valence-corrected chi connectivity index (χ1v) is 6.52. The van der Waals surface area contributed by atoms with Crippen molar-refractivity contribution in [1.29, 1.82) is 0 Å². The van der Waals surface area contributed by atoms with Crippen molar-refractivity contribution in [2.45, 2.75) is 20.4 Å². The number of hydrogen-bond acceptors (Lipinski definition) is 2. The molecule has 0 spiro atoms. The molecule has 0 aromatic heterocycles. The third kappa shape index (κ3) is 5.33. The Morgan fingerprint density at radius 2 is 2.06 bits per heavy atom. The van der Waals surface area contributed by atoms with Crippen molar-refractivity contribution in [1.82, 2.24) is 4.90 Å². The highest BCUT2D eigenvalue weighted by Gasteiger charge is 2.12. The van der Waals surface area contributed by atoms with Gasteiger partial charge in [-0.1, -0.05) is 48.0 Å². The van der Waals surface area contributed by atoms with E-state index in [4.69, 9.17) is 5.73 Å². The SMILES string of the molecule is CC(C)CN(CC(N)=O)Cc1ccccc1Br. The van der Waals surface area contributed by atoms with E-state index >= 15 is 0 Å². The van der Waals surface area contributed by atoms with E-state index in [1.54, 1.807) is 0 Å². The molecule has 0 bridgehead atoms. The molecule has 2 N–H and O–H groups in total. The maximum atomic E-state index is 11.0. The fourth-order valence-corrected chi connectivity index (χ4v) is 2.20. The van der Waals surface area contributed by atoms with Crippen LogP contribution in [0, 0.1) is 5.92 Å². The number of benzene rings is 1. The molecule has 3 nitrogen and oxygen atoms in total. The second kappa shape index (κ2) is 6.77. The van der Waals surface area contributed by atoms with E-state index in [2.05, 4.69) is 40.7 Å². The average Bonchev–Trinajstić information content (AvgIpc) is 2.19. The van der Waals surface area contributed by atoms with E-state index in [1.807, 2.05) is 18.2 Å². The van der Waals surface area contributed by atoms with Crippen molar-refractivity contribution in [3.63, 3.8) is 0 Å². The normalized spacial score (nSPS) is 11.1. The van der Waals surface area contributed by atoms with E-state index in [0.29, 0.717) is 12.5 Å². The van der Waals surface area contributed by atoms with Crippen molar-refractivity contribution >= 4 is 21.8 Å². The minimum atomic E-state index is -0.280. The first kappa shape index (κ1) is 14.2. The molecule has 0 radical (unpaired) electrons. The molecule has 0 aliphatic heterocycles. The van der Waals surface area contributed by atoms with Crippen LogP contribution in [-0.2, 0) is 11.3 Å². The van der Waals surface area contributed by atoms with Gasteiger partial charge in [-0.15, -0.1) is 0 Å². The number of carbonyl (C=O) groups is 1. The third-order valence-corrected chi connectivity index (χ3v) is 3.13. The van der Waals surface area contributed by atoms with Crippen molar-refractivity contribution in [2.24, 2.45) is 11.7 Å². The van der Waals surface area contributed by atoms with E-state index in [0.717, 1.165) is 17.6 Å². The molecule has 0 aliphatic carbocycles. The summed E-state index contributed by atoms with van der Waals surface area (Å²) in [5, 5.41) is 0. The van der Waals surface area contributed by atoms with Gasteiger partial charge in [0.1, 0.15) is 0 Å². The standard InChI is InChI=1S/C13H19BrN2O/c1-10(2)7-16(9-13(15)17)8-11-5-3-4-6-12(11)14/h3-6,10H,7-9H2,1-2H3,(H2,15,17). The van der Waals surface area contributed by atoms with Gasteiger partial charge in [0, 0.05) is 17.6 Å². The van der Waals surface area contributed by atoms with Gasteiger partial charge in [-0.25, -0.2) is 0 Å². The quantitative estimate of drug-likeness (QED) is 0.876. The van der Waals surface area contributed by atoms with E-state index in [1.165, 1.54) is 5.56 Å². The van der Waals surface area contributed by atoms with Gasteiger partial charge < -0.3 is 5.73 Å². The topological polar surface area (TPSA) is 46.3 Å². The minimum Gasteiger partial charge on any atom is -0.369 e. The molecule has 0 fully saturated rings. The Hall–Kier alpha value is -0.870. The molecule has 1 amide bonds. The Morgan fingerprint density at radius 3 is 2.59 bits per heavy atom. The Labute approximate surface area is 111 Å². The van der Waals surface area contributed by atoms with Gasteiger partial charge >= 0.3 is 0 Å². The number of nitrogens with two attached hydrogens (primary N) is 1. The van der Waals surface area contributed by atoms with Crippen LogP contribution in [-0.4, -0.2) is 23.9 Å². The Morgan fingerprint density at radius 1 is 1.41 bits per heavy atom. The van der Waals surface area contributed by atoms with Crippen LogP contribution in [0.3, 0.4) is 0 Å². The lowest BCUT2D eigenvalue weighted by atomic mass is 10.1. The van der Waals surface area contributed by atoms with Crippen LogP contribution < -0.4 is 5.73 Å². The van der Waals surface area contributed by atoms with E-state index in [9.17, 15) is 4.79 Å². The fourth-order valence-electron chi connectivity index (χ4n) is 1.79. The summed E-state index contributed by atoms with van der Waals surface area (Å²) in [7, 11) is 0. The molecular formula is C13H19BrN2O. The van der Waals surface area contributed by atoms with Crippen LogP contribution in [0.15, 0.2) is 28.7 Å². The molecule has 0 unspecified atom stereocenters. The Bertz CT molecular complexity index is 379. The predicted molar refractivity (Wildman–Crippen MR) is 73.5 cm³/mol. The van der Waals surface area contributed by atoms with Gasteiger partial charge in [-0.2, -0.15) is 0 Å². The smallest absolute Gasteiger partial charge is 0.231 e. The highest BCUT2D eigenvalue weighted by atomic mass is 79.9. The Kier molecular flexibility index (Phi) is 5.65. The van der Waals surface area contributed by atoms with E-state index in [-0.39, 0.29) is 5.91 Å². The second-order valence-electron chi connectivity index (χ2n) is 4.62. The number of hydrogen-bond donors (Lipinski definition) is 1. The molecule has 94 valence electrons. The fraction of sp³-hybridized carbons (Fsp3) is 0.462. The number of amides is 1. The van der Waals surface area contributed by atoms with Crippen molar-refractivity contribution in [2.75, 3.05) is 13.1 Å². The minimum absolute atomic E-state index is 0.280. The van der Waals surface area contributed by atoms with Gasteiger partial charge in [0.05, 0.1) is 6.54 Å². The number of primary amides is 1. The Balaban J connectivity index is 2.71. The largest absolute Gasteiger partial charge is 0.369 e. The summed E-state index contributed by atoms with van der Waals surface area (Å²) >= 11 is 3.51. The molecule has 1 aromatic carbocycles. The summed E-state index contributed by atoms with van der Waals surface area (Å²) in [5.41, 5.74) is 6.44. The molecule has 1 aromatic rings. The number of rotatable bonds is 6. The number of halogens is 1. The molecule has 0 saturated carbocycles. The maximum absolute atomic E-state index is 11.0. The number of carbonyl (C=O) groups excluding carboxylic acids is 1. The summed E-state index contributed by atoms with van der Waals surface area (Å²) in [6.07, 6.45) is 0. The van der Waals surface area contributed by atoms with Gasteiger partial charge in [0.15, 0.2) is 0 Å². The average molecular weight is 299 g/mol. The third-order valence-electron chi connectivity index (χ3n) is 2.35. The predicted octanol–water partition coefficient (Wildman–Crippen LogP) is 2.39. The van der Waals surface area contributed by atoms with Crippen molar-refractivity contribution < 1.29 is 4.79 Å². The van der Waals surface area contributed by atoms with Crippen LogP contribution in [0.1, 0.15) is 19.4 Å². The summed E-state index contributed by atoms with van der Waals surface area (Å²) in [5.74, 6) is 0.231. The first-order valence-electron chi connectivity index (χ1n) is 5.73. The highest BCUT2D eigenvalue weighted by Crippen LogP contribution is 2.18. The zero-order valence-electron chi connectivity index (χ0n) is 10.3.